The van der Waals surface area contributed by atoms with Crippen LogP contribution in [-0.2, 0) is 21.0 Å². The standard InChI is InChI=1S/C27H29.C25H29.C2H7Si.2ClH.Zr/c1-2-18-13-23-4-3-5-25(26(23)14-18)22-6-8-24(9-7-22)27-15-19-10-20(16-27)12-21(11-19)17-27;1-17(2)19-11-13-21(14-12-19)24-6-4-5-22-15-23(16-25(22)24)20-9-7-18(3)8-10-20;1-3-2;;;/h3-9,13-14,19-21H,2,10-12,15-17H2,1H3;4-6,11-18,20H,7-10H2,1-3H3;3H,1-2H3;2*1H;/q;;;;;+2/p-2. The van der Waals surface area contributed by atoms with E-state index in [1.807, 2.05) is 0 Å². The van der Waals surface area contributed by atoms with E-state index in [1.54, 1.807) is 11.1 Å². The molecule has 7 aliphatic carbocycles. The molecule has 11 rings (SSSR count). The number of hydrogen-bond acceptors (Lipinski definition) is 0. The summed E-state index contributed by atoms with van der Waals surface area (Å²) in [6, 6.07) is 33.6. The molecule has 4 aromatic carbocycles. The van der Waals surface area contributed by atoms with Gasteiger partial charge in [-0.25, -0.2) is 0 Å². The molecule has 0 N–H and O–H groups in total. The van der Waals surface area contributed by atoms with Gasteiger partial charge >= 0.3 is 362 Å². The van der Waals surface area contributed by atoms with E-state index in [0.29, 0.717) is 17.3 Å². The molecule has 0 aromatic heterocycles. The number of rotatable bonds is 9. The van der Waals surface area contributed by atoms with Crippen LogP contribution in [0.4, 0.5) is 0 Å². The van der Waals surface area contributed by atoms with Gasteiger partial charge in [-0.2, -0.15) is 0 Å². The summed E-state index contributed by atoms with van der Waals surface area (Å²) in [5, 5.41) is 0. The van der Waals surface area contributed by atoms with Gasteiger partial charge in [0.25, 0.3) is 0 Å². The first kappa shape index (κ1) is 40.1. The monoisotopic (exact) mass is 901 g/mol. The first-order chi connectivity index (χ1) is 27.9. The summed E-state index contributed by atoms with van der Waals surface area (Å²) in [5.74, 6) is 3.04. The van der Waals surface area contributed by atoms with Gasteiger partial charge in [0, 0.05) is 0 Å². The van der Waals surface area contributed by atoms with Gasteiger partial charge in [-0.05, 0) is 0 Å². The topological polar surface area (TPSA) is 0 Å². The molecule has 7 aliphatic rings. The second-order valence-corrected chi connectivity index (χ2v) is 63.6. The number of benzene rings is 4. The molecule has 0 amide bonds. The van der Waals surface area contributed by atoms with E-state index < -0.39 is 21.5 Å². The van der Waals surface area contributed by atoms with Crippen molar-refractivity contribution in [3.05, 3.63) is 129 Å². The average molecular weight is 904 g/mol. The summed E-state index contributed by atoms with van der Waals surface area (Å²) in [4.78, 5) is 0. The third kappa shape index (κ3) is 6.32. The third-order valence-electron chi connectivity index (χ3n) is 17.1. The van der Waals surface area contributed by atoms with Crippen molar-refractivity contribution in [2.45, 2.75) is 130 Å². The zero-order valence-electron chi connectivity index (χ0n) is 36.0. The molecular formula is C54H65Cl2SiZr. The zero-order chi connectivity index (χ0) is 40.2. The van der Waals surface area contributed by atoms with Crippen molar-refractivity contribution in [1.29, 1.82) is 0 Å². The molecule has 58 heavy (non-hydrogen) atoms. The van der Waals surface area contributed by atoms with Crippen LogP contribution >= 0.6 is 17.0 Å². The van der Waals surface area contributed by atoms with E-state index in [0.717, 1.165) is 30.1 Å². The quantitative estimate of drug-likeness (QED) is 0.147. The summed E-state index contributed by atoms with van der Waals surface area (Å²) in [6.45, 7) is 14.4. The van der Waals surface area contributed by atoms with E-state index in [-0.39, 0.29) is 7.25 Å². The normalized spacial score (nSPS) is 30.6. The maximum atomic E-state index is 8.99. The van der Waals surface area contributed by atoms with Gasteiger partial charge in [0.05, 0.1) is 0 Å². The first-order valence-electron chi connectivity index (χ1n) is 23.3. The fraction of sp³-hybridized carbons (Fsp3) is 0.481. The van der Waals surface area contributed by atoms with Crippen molar-refractivity contribution < 1.29 is 15.6 Å². The van der Waals surface area contributed by atoms with Crippen LogP contribution in [0.2, 0.25) is 13.1 Å². The fourth-order valence-electron chi connectivity index (χ4n) is 14.3. The Labute approximate surface area is 359 Å². The van der Waals surface area contributed by atoms with E-state index >= 15 is 0 Å². The third-order valence-corrected chi connectivity index (χ3v) is 68.8. The van der Waals surface area contributed by atoms with E-state index in [1.165, 1.54) is 120 Å². The van der Waals surface area contributed by atoms with E-state index in [2.05, 4.69) is 138 Å². The van der Waals surface area contributed by atoms with Gasteiger partial charge in [-0.1, -0.05) is 0 Å². The molecule has 0 saturated heterocycles. The van der Waals surface area contributed by atoms with Crippen molar-refractivity contribution in [3.63, 3.8) is 0 Å². The molecule has 4 heteroatoms. The van der Waals surface area contributed by atoms with Crippen LogP contribution in [0.15, 0.2) is 96.1 Å². The minimum atomic E-state index is -4.94. The Morgan fingerprint density at radius 2 is 1.19 bits per heavy atom. The van der Waals surface area contributed by atoms with Gasteiger partial charge < -0.3 is 0 Å². The second-order valence-electron chi connectivity index (χ2n) is 21.1. The summed E-state index contributed by atoms with van der Waals surface area (Å²) in [7, 11) is 18.0. The Balaban J connectivity index is 1.08. The number of allylic oxidation sites excluding steroid dienone is 2. The average Bonchev–Trinajstić information content (AvgIpc) is 3.82. The molecule has 2 atom stereocenters. The predicted molar refractivity (Wildman–Crippen MR) is 251 cm³/mol. The van der Waals surface area contributed by atoms with Crippen molar-refractivity contribution in [2.24, 2.45) is 29.6 Å². The second kappa shape index (κ2) is 14.8. The number of halogens is 2. The Bertz CT molecular complexity index is 2250. The van der Waals surface area contributed by atoms with E-state index in [4.69, 9.17) is 17.0 Å². The van der Waals surface area contributed by atoms with Crippen LogP contribution in [-0.4, -0.2) is 5.92 Å². The van der Waals surface area contributed by atoms with Crippen LogP contribution in [0.3, 0.4) is 0 Å². The molecule has 0 radical (unpaired) electrons. The molecule has 0 spiro atoms. The molecule has 2 unspecified atom stereocenters. The Hall–Kier alpha value is -1.96. The van der Waals surface area contributed by atoms with Crippen LogP contribution < -0.4 is 0 Å². The van der Waals surface area contributed by atoms with Gasteiger partial charge in [0.1, 0.15) is 0 Å². The van der Waals surface area contributed by atoms with Gasteiger partial charge in [-0.15, -0.1) is 0 Å². The molecule has 0 nitrogen and oxygen atoms in total. The Morgan fingerprint density at radius 3 is 1.71 bits per heavy atom. The molecule has 303 valence electrons. The number of hydrogen-bond donors (Lipinski definition) is 0. The molecule has 4 aromatic rings. The van der Waals surface area contributed by atoms with Crippen molar-refractivity contribution in [1.82, 2.24) is 0 Å². The van der Waals surface area contributed by atoms with Crippen LogP contribution in [0, 0.1) is 29.6 Å². The van der Waals surface area contributed by atoms with Gasteiger partial charge in [0.15, 0.2) is 0 Å². The van der Waals surface area contributed by atoms with Gasteiger partial charge in [-0.3, -0.25) is 0 Å². The molecule has 4 bridgehead atoms. The number of fused-ring (bicyclic) bond motifs is 2. The summed E-state index contributed by atoms with van der Waals surface area (Å²) in [5.41, 5.74) is 17.4. The first-order valence-corrected chi connectivity index (χ1v) is 39.6. The molecule has 0 heterocycles. The van der Waals surface area contributed by atoms with Crippen LogP contribution in [0.25, 0.3) is 34.4 Å². The predicted octanol–water partition coefficient (Wildman–Crippen LogP) is 16.4. The summed E-state index contributed by atoms with van der Waals surface area (Å²) < 4.78 is 0.257. The molecule has 5 saturated carbocycles. The minimum absolute atomic E-state index is 0.124. The summed E-state index contributed by atoms with van der Waals surface area (Å²) in [6.07, 6.45) is 20.0. The van der Waals surface area contributed by atoms with Crippen molar-refractivity contribution >= 4 is 35.1 Å². The van der Waals surface area contributed by atoms with Crippen molar-refractivity contribution in [3.8, 4) is 22.3 Å². The fourth-order valence-corrected chi connectivity index (χ4v) is 45.7. The maximum absolute atomic E-state index is 8.99. The molecule has 0 aliphatic heterocycles. The van der Waals surface area contributed by atoms with Gasteiger partial charge in [0.2, 0.25) is 0 Å². The van der Waals surface area contributed by atoms with Crippen molar-refractivity contribution in [2.75, 3.05) is 0 Å². The SMILES string of the molecule is CCC1=Cc2c(-c3ccc(C45CC6CC(CC(C6)C4)C5)cc3)cccc2[CH]1[Zr]([Cl])([Cl])([CH]1C(C2CCC(C)CC2)=Cc2c(-c3ccc(C(C)C)cc3)cccc21)[SiH](C)C. The zero-order valence-corrected chi connectivity index (χ0v) is 41.1. The van der Waals surface area contributed by atoms with Crippen LogP contribution in [0.5, 0.6) is 0 Å². The van der Waals surface area contributed by atoms with Crippen LogP contribution in [0.1, 0.15) is 145 Å². The molecular weight excluding hydrogens is 839 g/mol. The Morgan fingerprint density at radius 1 is 0.672 bits per heavy atom. The van der Waals surface area contributed by atoms with E-state index in [9.17, 15) is 0 Å². The Kier molecular flexibility index (Phi) is 10.3. The molecule has 5 fully saturated rings. The summed E-state index contributed by atoms with van der Waals surface area (Å²) >= 11 is -4.94.